The summed E-state index contributed by atoms with van der Waals surface area (Å²) in [5.41, 5.74) is 2.52. The Morgan fingerprint density at radius 2 is 1.60 bits per heavy atom. The van der Waals surface area contributed by atoms with E-state index < -0.39 is 4.92 Å². The van der Waals surface area contributed by atoms with Crippen LogP contribution >= 0.6 is 0 Å². The lowest BCUT2D eigenvalue weighted by Gasteiger charge is -2.14. The van der Waals surface area contributed by atoms with Crippen molar-refractivity contribution < 1.29 is 14.5 Å². The minimum absolute atomic E-state index is 0.0987. The molecule has 0 spiro atoms. The van der Waals surface area contributed by atoms with Gasteiger partial charge in [-0.15, -0.1) is 0 Å². The quantitative estimate of drug-likeness (QED) is 0.287. The third-order valence-electron chi connectivity index (χ3n) is 4.29. The number of rotatable bonds is 8. The number of nitro benzene ring substituents is 1. The molecule has 0 radical (unpaired) electrons. The van der Waals surface area contributed by atoms with Gasteiger partial charge in [-0.25, -0.2) is 0 Å². The van der Waals surface area contributed by atoms with Crippen LogP contribution in [0.25, 0.3) is 0 Å². The lowest BCUT2D eigenvalue weighted by Crippen LogP contribution is -2.23. The van der Waals surface area contributed by atoms with Crippen molar-refractivity contribution in [3.8, 4) is 0 Å². The molecule has 0 aliphatic heterocycles. The molecule has 30 heavy (non-hydrogen) atoms. The predicted octanol–water partition coefficient (Wildman–Crippen LogP) is 4.59. The topological polar surface area (TPSA) is 113 Å². The van der Waals surface area contributed by atoms with E-state index in [0.717, 1.165) is 5.69 Å². The number of hydrogen-bond acceptors (Lipinski definition) is 6. The van der Waals surface area contributed by atoms with Crippen molar-refractivity contribution in [2.45, 2.75) is 6.92 Å². The largest absolute Gasteiger partial charge is 0.374 e. The van der Waals surface area contributed by atoms with Gasteiger partial charge in [0.05, 0.1) is 28.5 Å². The Bertz CT molecular complexity index is 1080. The molecule has 0 aliphatic carbocycles. The smallest absolute Gasteiger partial charge is 0.271 e. The van der Waals surface area contributed by atoms with Crippen LogP contribution in [0.1, 0.15) is 17.3 Å². The first-order valence-electron chi connectivity index (χ1n) is 9.18. The Morgan fingerprint density at radius 3 is 2.30 bits per heavy atom. The second-order valence-electron chi connectivity index (χ2n) is 6.48. The molecule has 8 nitrogen and oxygen atoms in total. The van der Waals surface area contributed by atoms with Crippen molar-refractivity contribution in [2.75, 3.05) is 22.5 Å². The van der Waals surface area contributed by atoms with Gasteiger partial charge in [-0.3, -0.25) is 19.7 Å². The summed E-state index contributed by atoms with van der Waals surface area (Å²) in [6, 6.07) is 20.4. The van der Waals surface area contributed by atoms with E-state index in [1.54, 1.807) is 30.3 Å². The van der Waals surface area contributed by atoms with Crippen molar-refractivity contribution in [1.82, 2.24) is 0 Å². The third kappa shape index (κ3) is 5.20. The highest BCUT2D eigenvalue weighted by atomic mass is 16.6. The Labute approximate surface area is 173 Å². The number of Topliss-reactive ketones (excluding diaryl/α,β-unsaturated/α-hetero) is 1. The van der Waals surface area contributed by atoms with Crippen LogP contribution in [0.3, 0.4) is 0 Å². The maximum Gasteiger partial charge on any atom is 0.271 e. The number of para-hydroxylation sites is 2. The van der Waals surface area contributed by atoms with Gasteiger partial charge in [0.1, 0.15) is 0 Å². The Kier molecular flexibility index (Phi) is 6.39. The van der Waals surface area contributed by atoms with Gasteiger partial charge in [0, 0.05) is 23.4 Å². The third-order valence-corrected chi connectivity index (χ3v) is 4.29. The molecule has 3 N–H and O–H groups in total. The van der Waals surface area contributed by atoms with Crippen LogP contribution in [0.2, 0.25) is 0 Å². The number of nitro groups is 1. The lowest BCUT2D eigenvalue weighted by molar-refractivity contribution is -0.384. The minimum Gasteiger partial charge on any atom is -0.374 e. The minimum atomic E-state index is -0.499. The van der Waals surface area contributed by atoms with Crippen LogP contribution in [0, 0.1) is 10.1 Å². The van der Waals surface area contributed by atoms with Gasteiger partial charge in [0.25, 0.3) is 5.69 Å². The van der Waals surface area contributed by atoms with Crippen molar-refractivity contribution >= 4 is 40.1 Å². The van der Waals surface area contributed by atoms with E-state index in [1.807, 2.05) is 30.3 Å². The highest BCUT2D eigenvalue weighted by Crippen LogP contribution is 2.29. The van der Waals surface area contributed by atoms with Crippen LogP contribution in [0.5, 0.6) is 0 Å². The van der Waals surface area contributed by atoms with Gasteiger partial charge in [-0.2, -0.15) is 0 Å². The molecule has 0 heterocycles. The van der Waals surface area contributed by atoms with E-state index >= 15 is 0 Å². The first kappa shape index (κ1) is 20.5. The number of nitrogens with one attached hydrogen (secondary N) is 3. The summed E-state index contributed by atoms with van der Waals surface area (Å²) < 4.78 is 0. The zero-order chi connectivity index (χ0) is 21.5. The molecule has 0 saturated heterocycles. The molecule has 3 aromatic rings. The highest BCUT2D eigenvalue weighted by Gasteiger charge is 2.14. The summed E-state index contributed by atoms with van der Waals surface area (Å²) in [5.74, 6) is -0.548. The number of anilines is 4. The number of carbonyl (C=O) groups is 2. The molecular formula is C22H20N4O4. The molecule has 0 fully saturated rings. The number of hydrogen-bond donors (Lipinski definition) is 3. The van der Waals surface area contributed by atoms with Crippen LogP contribution in [0.15, 0.2) is 72.8 Å². The van der Waals surface area contributed by atoms with Crippen LogP contribution in [-0.4, -0.2) is 23.2 Å². The van der Waals surface area contributed by atoms with E-state index in [1.165, 1.54) is 19.1 Å². The van der Waals surface area contributed by atoms with E-state index in [9.17, 15) is 19.7 Å². The summed E-state index contributed by atoms with van der Waals surface area (Å²) >= 11 is 0. The molecule has 0 atom stereocenters. The number of benzene rings is 3. The molecule has 0 aliphatic rings. The van der Waals surface area contributed by atoms with Crippen LogP contribution in [-0.2, 0) is 4.79 Å². The standard InChI is InChI=1S/C22H20N4O4/c1-15(27)18-9-5-6-10-19(18)25-22(28)14-23-21-13-17(26(29)30)11-12-20(21)24-16-7-3-2-4-8-16/h2-13,23-24H,14H2,1H3,(H,25,28). The van der Waals surface area contributed by atoms with Gasteiger partial charge in [0.2, 0.25) is 5.91 Å². The number of amides is 1. The first-order valence-corrected chi connectivity index (χ1v) is 9.18. The maximum atomic E-state index is 12.4. The van der Waals surface area contributed by atoms with Crippen molar-refractivity contribution in [1.29, 1.82) is 0 Å². The lowest BCUT2D eigenvalue weighted by atomic mass is 10.1. The zero-order valence-corrected chi connectivity index (χ0v) is 16.2. The zero-order valence-electron chi connectivity index (χ0n) is 16.2. The van der Waals surface area contributed by atoms with Crippen LogP contribution in [0.4, 0.5) is 28.4 Å². The van der Waals surface area contributed by atoms with E-state index in [-0.39, 0.29) is 23.9 Å². The number of nitrogens with zero attached hydrogens (tertiary/aromatic N) is 1. The SMILES string of the molecule is CC(=O)c1ccccc1NC(=O)CNc1cc([N+](=O)[O-])ccc1Nc1ccccc1. The molecule has 0 aromatic heterocycles. The Morgan fingerprint density at radius 1 is 0.900 bits per heavy atom. The summed E-state index contributed by atoms with van der Waals surface area (Å²) in [5, 5.41) is 19.9. The van der Waals surface area contributed by atoms with E-state index in [4.69, 9.17) is 0 Å². The average molecular weight is 404 g/mol. The van der Waals surface area contributed by atoms with Crippen LogP contribution < -0.4 is 16.0 Å². The predicted molar refractivity (Wildman–Crippen MR) is 116 cm³/mol. The molecule has 0 bridgehead atoms. The molecule has 3 rings (SSSR count). The second-order valence-corrected chi connectivity index (χ2v) is 6.48. The molecule has 8 heteroatoms. The molecule has 0 saturated carbocycles. The fraction of sp³-hybridized carbons (Fsp3) is 0.0909. The monoisotopic (exact) mass is 404 g/mol. The maximum absolute atomic E-state index is 12.4. The summed E-state index contributed by atoms with van der Waals surface area (Å²) in [4.78, 5) is 34.8. The second kappa shape index (κ2) is 9.33. The van der Waals surface area contributed by atoms with E-state index in [0.29, 0.717) is 22.6 Å². The summed E-state index contributed by atoms with van der Waals surface area (Å²) in [7, 11) is 0. The fourth-order valence-corrected chi connectivity index (χ4v) is 2.85. The summed E-state index contributed by atoms with van der Waals surface area (Å²) in [6.45, 7) is 1.28. The van der Waals surface area contributed by atoms with Gasteiger partial charge in [-0.05, 0) is 37.3 Å². The highest BCUT2D eigenvalue weighted by molar-refractivity contribution is 6.04. The molecule has 0 unspecified atom stereocenters. The molecule has 1 amide bonds. The van der Waals surface area contributed by atoms with Gasteiger partial charge >= 0.3 is 0 Å². The van der Waals surface area contributed by atoms with Crippen molar-refractivity contribution in [3.63, 3.8) is 0 Å². The fourth-order valence-electron chi connectivity index (χ4n) is 2.85. The van der Waals surface area contributed by atoms with Gasteiger partial charge in [0.15, 0.2) is 5.78 Å². The Balaban J connectivity index is 1.76. The van der Waals surface area contributed by atoms with Crippen molar-refractivity contribution in [3.05, 3.63) is 88.5 Å². The average Bonchev–Trinajstić information content (AvgIpc) is 2.74. The molecular weight excluding hydrogens is 384 g/mol. The number of non-ortho nitro benzene ring substituents is 1. The van der Waals surface area contributed by atoms with Crippen molar-refractivity contribution in [2.24, 2.45) is 0 Å². The molecule has 152 valence electrons. The Hall–Kier alpha value is -4.20. The first-order chi connectivity index (χ1) is 14.4. The van der Waals surface area contributed by atoms with Gasteiger partial charge in [-0.1, -0.05) is 30.3 Å². The van der Waals surface area contributed by atoms with Gasteiger partial charge < -0.3 is 16.0 Å². The number of carbonyl (C=O) groups excluding carboxylic acids is 2. The summed E-state index contributed by atoms with van der Waals surface area (Å²) in [6.07, 6.45) is 0. The van der Waals surface area contributed by atoms with E-state index in [2.05, 4.69) is 16.0 Å². The number of ketones is 1. The normalized spacial score (nSPS) is 10.2. The molecule has 3 aromatic carbocycles.